The number of unbranched alkanes of at least 4 members (excludes halogenated alkanes) is 36. The van der Waals surface area contributed by atoms with Gasteiger partial charge in [-0.1, -0.05) is 267 Å². The average Bonchev–Trinajstić information content (AvgIpc) is 3.22. The number of rotatable bonds is 44. The molecule has 0 bridgehead atoms. The van der Waals surface area contributed by atoms with E-state index in [1.807, 2.05) is 0 Å². The maximum atomic E-state index is 5.30. The Morgan fingerprint density at radius 1 is 0.276 bits per heavy atom. The number of hydrogen-bond acceptors (Lipinski definition) is 5. The zero-order valence-electron chi connectivity index (χ0n) is 39.5. The zero-order valence-corrected chi connectivity index (χ0v) is 45.5. The van der Waals surface area contributed by atoms with Gasteiger partial charge in [0.15, 0.2) is 0 Å². The molecule has 0 aromatic heterocycles. The van der Waals surface area contributed by atoms with Gasteiger partial charge >= 0.3 is 27.8 Å². The van der Waals surface area contributed by atoms with Crippen LogP contribution in [0.4, 0.5) is 0 Å². The molecule has 346 valence electrons. The number of hydrogen-bond donors (Lipinski definition) is 0. The Hall–Kier alpha value is 1.13. The molecular weight excluding hydrogens is 885 g/mol. The Morgan fingerprint density at radius 2 is 0.397 bits per heavy atom. The predicted octanol–water partition coefficient (Wildman–Crippen LogP) is 18.6. The molecule has 8 heteroatoms. The SMILES string of the molecule is CCCCCCCCCCCCN(CCCCCCCCCCCC)C(=S)[S-].CCCCCCCCCCCCN(CCCCCCCCCCCC)C(=S)[S-].[S]=[Mo+2]. The molecule has 0 rings (SSSR count). The third-order valence-corrected chi connectivity index (χ3v) is 12.7. The average molecular weight is 986 g/mol. The first-order valence-corrected chi connectivity index (χ1v) is 29.9. The van der Waals surface area contributed by atoms with Crippen LogP contribution >= 0.6 is 34.3 Å². The predicted molar refractivity (Wildman–Crippen MR) is 278 cm³/mol. The fourth-order valence-corrected chi connectivity index (χ4v) is 8.48. The Labute approximate surface area is 403 Å². The molecule has 0 aliphatic heterocycles. The van der Waals surface area contributed by atoms with Crippen LogP contribution in [0.5, 0.6) is 0 Å². The van der Waals surface area contributed by atoms with Crippen molar-refractivity contribution < 1.29 is 18.0 Å². The van der Waals surface area contributed by atoms with Crippen molar-refractivity contribution in [2.75, 3.05) is 26.2 Å². The van der Waals surface area contributed by atoms with Gasteiger partial charge in [0.1, 0.15) is 0 Å². The Balaban J connectivity index is -0.000001000. The quantitative estimate of drug-likeness (QED) is 0.0256. The molecule has 0 unspecified atom stereocenters. The van der Waals surface area contributed by atoms with Gasteiger partial charge in [-0.15, -0.1) is 0 Å². The van der Waals surface area contributed by atoms with Crippen molar-refractivity contribution in [1.82, 2.24) is 9.80 Å². The van der Waals surface area contributed by atoms with Crippen molar-refractivity contribution >= 4 is 68.2 Å². The van der Waals surface area contributed by atoms with Gasteiger partial charge in [-0.25, -0.2) is 0 Å². The second-order valence-corrected chi connectivity index (χ2v) is 19.3. The van der Waals surface area contributed by atoms with Gasteiger partial charge in [-0.05, 0) is 25.7 Å². The Bertz CT molecular complexity index is 679. The van der Waals surface area contributed by atoms with Crippen LogP contribution < -0.4 is 0 Å². The molecule has 0 heterocycles. The van der Waals surface area contributed by atoms with Crippen LogP contribution in [0.1, 0.15) is 285 Å². The van der Waals surface area contributed by atoms with Gasteiger partial charge in [0.25, 0.3) is 0 Å². The summed E-state index contributed by atoms with van der Waals surface area (Å²) in [6.07, 6.45) is 55.4. The van der Waals surface area contributed by atoms with Crippen LogP contribution in [0.15, 0.2) is 0 Å². The van der Waals surface area contributed by atoms with Gasteiger partial charge in [-0.3, -0.25) is 0 Å². The van der Waals surface area contributed by atoms with E-state index in [2.05, 4.69) is 47.3 Å². The molecule has 0 aromatic rings. The number of thiocarbonyl (C=S) groups is 2. The second kappa shape index (κ2) is 58.1. The normalized spacial score (nSPS) is 10.7. The molecule has 0 saturated heterocycles. The van der Waals surface area contributed by atoms with E-state index in [9.17, 15) is 0 Å². The minimum atomic E-state index is 0.687. The summed E-state index contributed by atoms with van der Waals surface area (Å²) in [6.45, 7) is 13.5. The van der Waals surface area contributed by atoms with Gasteiger partial charge in [0, 0.05) is 26.2 Å². The first-order valence-electron chi connectivity index (χ1n) is 25.5. The monoisotopic (exact) mass is 987 g/mol. The summed E-state index contributed by atoms with van der Waals surface area (Å²) < 4.78 is 1.37. The zero-order chi connectivity index (χ0) is 43.4. The van der Waals surface area contributed by atoms with E-state index in [-0.39, 0.29) is 0 Å². The molecule has 0 aliphatic carbocycles. The van der Waals surface area contributed by atoms with E-state index >= 15 is 0 Å². The van der Waals surface area contributed by atoms with Crippen LogP contribution in [0, 0.1) is 0 Å². The summed E-state index contributed by atoms with van der Waals surface area (Å²) in [5.74, 6) is 0. The van der Waals surface area contributed by atoms with Gasteiger partial charge < -0.3 is 59.5 Å². The third-order valence-electron chi connectivity index (χ3n) is 11.6. The van der Waals surface area contributed by atoms with Gasteiger partial charge in [0.2, 0.25) is 0 Å². The van der Waals surface area contributed by atoms with Crippen LogP contribution in [0.25, 0.3) is 0 Å². The molecule has 0 spiro atoms. The fourth-order valence-electron chi connectivity index (χ4n) is 7.75. The molecule has 0 aromatic carbocycles. The fraction of sp³-hybridized carbons (Fsp3) is 0.960. The third kappa shape index (κ3) is 55.1. The molecule has 0 radical (unpaired) electrons. The maximum absolute atomic E-state index is 5.30. The van der Waals surface area contributed by atoms with Crippen LogP contribution in [-0.2, 0) is 43.3 Å². The second-order valence-electron chi connectivity index (χ2n) is 17.2. The van der Waals surface area contributed by atoms with Gasteiger partial charge in [0.05, 0.1) is 0 Å². The molecule has 0 N–H and O–H groups in total. The van der Waals surface area contributed by atoms with E-state index in [0.717, 1.165) is 26.2 Å². The summed E-state index contributed by atoms with van der Waals surface area (Å²) >= 11 is 22.7. The number of nitrogens with zero attached hydrogens (tertiary/aromatic N) is 2. The first kappa shape index (κ1) is 63.4. The summed E-state index contributed by atoms with van der Waals surface area (Å²) in [7, 11) is 4.09. The van der Waals surface area contributed by atoms with Crippen molar-refractivity contribution in [3.63, 3.8) is 0 Å². The summed E-state index contributed by atoms with van der Waals surface area (Å²) in [5, 5.41) is 0. The van der Waals surface area contributed by atoms with Crippen molar-refractivity contribution in [3.05, 3.63) is 0 Å². The summed E-state index contributed by atoms with van der Waals surface area (Å²) in [5.41, 5.74) is 0. The van der Waals surface area contributed by atoms with Crippen LogP contribution in [-0.4, -0.2) is 44.6 Å². The molecule has 0 saturated carbocycles. The van der Waals surface area contributed by atoms with Crippen molar-refractivity contribution in [3.8, 4) is 0 Å². The molecule has 0 fully saturated rings. The van der Waals surface area contributed by atoms with E-state index in [0.29, 0.717) is 8.64 Å². The van der Waals surface area contributed by atoms with E-state index < -0.39 is 0 Å². The molecule has 58 heavy (non-hydrogen) atoms. The molecule has 0 aliphatic rings. The van der Waals surface area contributed by atoms with Crippen molar-refractivity contribution in [2.24, 2.45) is 0 Å². The van der Waals surface area contributed by atoms with E-state index in [1.165, 1.54) is 275 Å². The summed E-state index contributed by atoms with van der Waals surface area (Å²) in [6, 6.07) is 0. The van der Waals surface area contributed by atoms with Crippen LogP contribution in [0.3, 0.4) is 0 Å². The van der Waals surface area contributed by atoms with Crippen molar-refractivity contribution in [1.29, 1.82) is 0 Å². The standard InChI is InChI=1S/2C25H51NS2.Mo.S/c2*1-3-5-7-9-11-13-15-17-19-21-23-26(25(27)28)24-22-20-18-16-14-12-10-8-6-4-2;;/h2*3-24H2,1-2H3,(H,27,28);;/q;;+2;/p-2. The van der Waals surface area contributed by atoms with E-state index in [1.54, 1.807) is 0 Å². The molecule has 0 amide bonds. The molecular formula is C50H100MoN2S5. The summed E-state index contributed by atoms with van der Waals surface area (Å²) in [4.78, 5) is 4.56. The van der Waals surface area contributed by atoms with E-state index in [4.69, 9.17) is 49.7 Å². The van der Waals surface area contributed by atoms with Crippen LogP contribution in [0.2, 0.25) is 0 Å². The molecule has 0 atom stereocenters. The molecule has 2 nitrogen and oxygen atoms in total. The minimum absolute atomic E-state index is 0.687. The van der Waals surface area contributed by atoms with Gasteiger partial charge in [-0.2, -0.15) is 0 Å². The Morgan fingerprint density at radius 3 is 0.517 bits per heavy atom. The first-order chi connectivity index (χ1) is 28.4. The topological polar surface area (TPSA) is 6.48 Å². The van der Waals surface area contributed by atoms with Crippen molar-refractivity contribution in [2.45, 2.75) is 285 Å². The Kier molecular flexibility index (Phi) is 63.6.